The third kappa shape index (κ3) is 10.4. The number of nitrogens with one attached hydrogen (secondary N) is 2. The van der Waals surface area contributed by atoms with Crippen molar-refractivity contribution in [2.75, 3.05) is 45.3 Å². The number of nitrogens with zero attached hydrogens (tertiary/aromatic N) is 1. The van der Waals surface area contributed by atoms with Crippen molar-refractivity contribution in [1.29, 1.82) is 0 Å². The number of hydrogen-bond acceptors (Lipinski definition) is 12. The van der Waals surface area contributed by atoms with Crippen LogP contribution in [0.5, 0.6) is 5.75 Å². The highest BCUT2D eigenvalue weighted by Gasteiger charge is 2.33. The highest BCUT2D eigenvalue weighted by atomic mass is 32.2. The minimum atomic E-state index is -0.729. The fourth-order valence-electron chi connectivity index (χ4n) is 6.25. The van der Waals surface area contributed by atoms with E-state index in [2.05, 4.69) is 10.6 Å². The minimum absolute atomic E-state index is 0.0128. The number of rotatable bonds is 18. The molecule has 0 aromatic heterocycles. The van der Waals surface area contributed by atoms with Crippen molar-refractivity contribution >= 4 is 52.3 Å². The molecule has 1 unspecified atom stereocenters. The number of imide groups is 1. The van der Waals surface area contributed by atoms with E-state index in [0.29, 0.717) is 22.0 Å². The van der Waals surface area contributed by atoms with Crippen LogP contribution in [-0.4, -0.2) is 85.0 Å². The Morgan fingerprint density at radius 3 is 2.25 bits per heavy atom. The Morgan fingerprint density at radius 1 is 0.825 bits per heavy atom. The molecule has 1 fully saturated rings. The summed E-state index contributed by atoms with van der Waals surface area (Å²) in [6, 6.07) is 23.9. The SMILES string of the molecule is Cc1cc(C(=O)NCCOCCOCCNC(=O)C(SCCC(=O)ON2C(=O)CCC2=O)c2ccccc2)ccc1-c1c2ccc(=O)cc-2oc2cc(O)ccc12. The molecule has 14 nitrogen and oxygen atoms in total. The first-order valence-electron chi connectivity index (χ1n) is 18.3. The van der Waals surface area contributed by atoms with Gasteiger partial charge in [0.1, 0.15) is 22.3 Å². The molecule has 3 aliphatic rings. The number of carbonyl (C=O) groups is 5. The Kier molecular flexibility index (Phi) is 13.7. The van der Waals surface area contributed by atoms with Crippen LogP contribution in [-0.2, 0) is 33.5 Å². The number of amides is 4. The lowest BCUT2D eigenvalue weighted by Crippen LogP contribution is -2.32. The Hall–Kier alpha value is -6.03. The van der Waals surface area contributed by atoms with Crippen LogP contribution >= 0.6 is 11.8 Å². The second kappa shape index (κ2) is 19.2. The fraction of sp³-hybridized carbons (Fsp3) is 0.286. The number of carbonyl (C=O) groups excluding carboxylic acids is 5. The van der Waals surface area contributed by atoms with Gasteiger partial charge in [-0.1, -0.05) is 36.4 Å². The Morgan fingerprint density at radius 2 is 1.53 bits per heavy atom. The van der Waals surface area contributed by atoms with Gasteiger partial charge in [-0.3, -0.25) is 24.0 Å². The standard InChI is InChI=1S/C42H41N3O11S/c1-26-23-28(7-10-31(26)39-32-11-8-29(46)24-34(32)55-35-25-30(47)9-12-33(35)39)41(51)43-16-18-53-20-21-54-19-17-44-42(52)40(27-5-3-2-4-6-27)57-22-15-38(50)56-45-36(48)13-14-37(45)49/h2-12,23-25,40,46H,13-22H2,1H3,(H,43,51)(H,44,52). The first-order valence-corrected chi connectivity index (χ1v) is 19.4. The molecule has 57 heavy (non-hydrogen) atoms. The van der Waals surface area contributed by atoms with Gasteiger partial charge in [0.05, 0.1) is 32.8 Å². The first kappa shape index (κ1) is 40.6. The van der Waals surface area contributed by atoms with Crippen molar-refractivity contribution in [3.8, 4) is 28.2 Å². The van der Waals surface area contributed by atoms with Gasteiger partial charge in [-0.05, 0) is 60.0 Å². The second-order valence-corrected chi connectivity index (χ2v) is 14.3. The molecule has 15 heteroatoms. The summed E-state index contributed by atoms with van der Waals surface area (Å²) < 4.78 is 17.1. The largest absolute Gasteiger partial charge is 0.508 e. The average Bonchev–Trinajstić information content (AvgIpc) is 3.51. The van der Waals surface area contributed by atoms with Gasteiger partial charge < -0.3 is 34.5 Å². The maximum atomic E-state index is 13.1. The zero-order valence-electron chi connectivity index (χ0n) is 31.1. The van der Waals surface area contributed by atoms with Crippen LogP contribution in [0.3, 0.4) is 0 Å². The second-order valence-electron chi connectivity index (χ2n) is 13.1. The molecule has 1 saturated heterocycles. The number of hydrogen-bond donors (Lipinski definition) is 3. The van der Waals surface area contributed by atoms with E-state index in [0.717, 1.165) is 33.2 Å². The van der Waals surface area contributed by atoms with Gasteiger partial charge >= 0.3 is 5.97 Å². The van der Waals surface area contributed by atoms with Crippen molar-refractivity contribution in [1.82, 2.24) is 15.7 Å². The third-order valence-corrected chi connectivity index (χ3v) is 10.3. The molecule has 2 aliphatic heterocycles. The van der Waals surface area contributed by atoms with Crippen molar-refractivity contribution in [3.05, 3.63) is 112 Å². The quantitative estimate of drug-likeness (QED) is 0.0617. The van der Waals surface area contributed by atoms with E-state index in [4.69, 9.17) is 18.7 Å². The van der Waals surface area contributed by atoms with E-state index in [1.54, 1.807) is 30.3 Å². The number of aromatic hydroxyl groups is 1. The van der Waals surface area contributed by atoms with Gasteiger partial charge in [-0.15, -0.1) is 16.8 Å². The third-order valence-electron chi connectivity index (χ3n) is 9.01. The van der Waals surface area contributed by atoms with Crippen molar-refractivity contribution in [2.45, 2.75) is 31.4 Å². The lowest BCUT2D eigenvalue weighted by molar-refractivity contribution is -0.197. The van der Waals surface area contributed by atoms with E-state index >= 15 is 0 Å². The lowest BCUT2D eigenvalue weighted by atomic mass is 9.90. The maximum absolute atomic E-state index is 13.1. The fourth-order valence-corrected chi connectivity index (χ4v) is 7.36. The van der Waals surface area contributed by atoms with Crippen LogP contribution < -0.4 is 16.1 Å². The number of phenolic OH excluding ortho intramolecular Hbond substituents is 1. The molecule has 3 N–H and O–H groups in total. The Labute approximate surface area is 331 Å². The summed E-state index contributed by atoms with van der Waals surface area (Å²) in [5.74, 6) is -1.69. The number of aryl methyl sites for hydroxylation is 1. The van der Waals surface area contributed by atoms with Crippen LogP contribution in [0.4, 0.5) is 0 Å². The summed E-state index contributed by atoms with van der Waals surface area (Å²) >= 11 is 1.24. The molecule has 0 radical (unpaired) electrons. The maximum Gasteiger partial charge on any atom is 0.334 e. The van der Waals surface area contributed by atoms with Gasteiger partial charge in [-0.25, -0.2) is 4.79 Å². The van der Waals surface area contributed by atoms with E-state index in [1.807, 2.05) is 43.3 Å². The van der Waals surface area contributed by atoms with Gasteiger partial charge in [0.2, 0.25) is 5.91 Å². The van der Waals surface area contributed by atoms with E-state index in [9.17, 15) is 33.9 Å². The summed E-state index contributed by atoms with van der Waals surface area (Å²) in [4.78, 5) is 78.7. The molecule has 6 rings (SSSR count). The zero-order valence-corrected chi connectivity index (χ0v) is 31.9. The van der Waals surface area contributed by atoms with Crippen molar-refractivity contribution < 1.29 is 47.8 Å². The first-order chi connectivity index (χ1) is 27.6. The van der Waals surface area contributed by atoms with Crippen molar-refractivity contribution in [2.24, 2.45) is 0 Å². The molecule has 0 spiro atoms. The summed E-state index contributed by atoms with van der Waals surface area (Å²) in [5.41, 5.74) is 4.71. The molecular formula is C42H41N3O11S. The number of benzene rings is 4. The summed E-state index contributed by atoms with van der Waals surface area (Å²) in [5, 5.41) is 16.4. The number of ether oxygens (including phenoxy) is 2. The molecule has 0 saturated carbocycles. The monoisotopic (exact) mass is 795 g/mol. The lowest BCUT2D eigenvalue weighted by Gasteiger charge is -2.17. The number of fused-ring (bicyclic) bond motifs is 2. The highest BCUT2D eigenvalue weighted by Crippen LogP contribution is 2.42. The number of hydroxylamine groups is 2. The highest BCUT2D eigenvalue weighted by molar-refractivity contribution is 8.00. The van der Waals surface area contributed by atoms with E-state index in [-0.39, 0.29) is 87.5 Å². The molecule has 3 aromatic carbocycles. The molecule has 296 valence electrons. The van der Waals surface area contributed by atoms with E-state index in [1.165, 1.54) is 30.0 Å². The summed E-state index contributed by atoms with van der Waals surface area (Å²) in [7, 11) is 0. The van der Waals surface area contributed by atoms with Crippen LogP contribution in [0.2, 0.25) is 0 Å². The van der Waals surface area contributed by atoms with Crippen LogP contribution in [0.15, 0.2) is 94.1 Å². The van der Waals surface area contributed by atoms with Gasteiger partial charge in [-0.2, -0.15) is 0 Å². The molecular weight excluding hydrogens is 755 g/mol. The van der Waals surface area contributed by atoms with Crippen molar-refractivity contribution in [3.63, 3.8) is 0 Å². The van der Waals surface area contributed by atoms with Crippen LogP contribution in [0, 0.1) is 6.92 Å². The molecule has 2 heterocycles. The number of thioether (sulfide) groups is 1. The van der Waals surface area contributed by atoms with Gasteiger partial charge in [0.25, 0.3) is 17.7 Å². The summed E-state index contributed by atoms with van der Waals surface area (Å²) in [6.45, 7) is 3.48. The van der Waals surface area contributed by atoms with Crippen LogP contribution in [0.1, 0.15) is 46.0 Å². The van der Waals surface area contributed by atoms with Gasteiger partial charge in [0, 0.05) is 65.9 Å². The normalized spacial score (nSPS) is 13.2. The van der Waals surface area contributed by atoms with Gasteiger partial charge in [0.15, 0.2) is 5.43 Å². The molecule has 1 atom stereocenters. The molecule has 0 bridgehead atoms. The van der Waals surface area contributed by atoms with E-state index < -0.39 is 23.0 Å². The topological polar surface area (TPSA) is 191 Å². The molecule has 4 amide bonds. The summed E-state index contributed by atoms with van der Waals surface area (Å²) in [6.07, 6.45) is -0.0717. The van der Waals surface area contributed by atoms with Crippen LogP contribution in [0.25, 0.3) is 33.4 Å². The smallest absolute Gasteiger partial charge is 0.334 e. The minimum Gasteiger partial charge on any atom is -0.508 e. The average molecular weight is 796 g/mol. The molecule has 1 aliphatic carbocycles. The molecule has 3 aromatic rings. The Balaban J connectivity index is 0.897. The zero-order chi connectivity index (χ0) is 40.3. The Bertz CT molecular complexity index is 2280. The predicted molar refractivity (Wildman–Crippen MR) is 211 cm³/mol. The predicted octanol–water partition coefficient (Wildman–Crippen LogP) is 4.93. The number of phenols is 1.